The maximum Gasteiger partial charge on any atom is 0.243 e. The van der Waals surface area contributed by atoms with Gasteiger partial charge in [0.25, 0.3) is 0 Å². The predicted octanol–water partition coefficient (Wildman–Crippen LogP) is 4.86. The zero-order chi connectivity index (χ0) is 22.8. The largest absolute Gasteiger partial charge is 0.355 e. The second-order valence-corrected chi connectivity index (χ2v) is 8.76. The van der Waals surface area contributed by atoms with E-state index in [2.05, 4.69) is 11.4 Å². The molecule has 0 aliphatic heterocycles. The summed E-state index contributed by atoms with van der Waals surface area (Å²) in [5.74, 6) is 0.107. The SMILES string of the molecule is CCNC(=O)C(Cc1ccccc1)N(Cc1cccc(C)c1)C(=O)CSc1ccccc1. The molecule has 0 aliphatic carbocycles. The van der Waals surface area contributed by atoms with Crippen LogP contribution in [0.4, 0.5) is 0 Å². The molecule has 0 bridgehead atoms. The van der Waals surface area contributed by atoms with Gasteiger partial charge in [-0.2, -0.15) is 0 Å². The molecule has 2 amide bonds. The average molecular weight is 447 g/mol. The van der Waals surface area contributed by atoms with Crippen LogP contribution in [-0.4, -0.2) is 35.1 Å². The molecule has 166 valence electrons. The van der Waals surface area contributed by atoms with E-state index in [-0.39, 0.29) is 17.6 Å². The molecule has 0 saturated carbocycles. The molecule has 0 aromatic heterocycles. The van der Waals surface area contributed by atoms with Crippen LogP contribution in [0.1, 0.15) is 23.6 Å². The van der Waals surface area contributed by atoms with E-state index in [9.17, 15) is 9.59 Å². The van der Waals surface area contributed by atoms with Crippen LogP contribution in [0.15, 0.2) is 89.8 Å². The molecule has 3 aromatic carbocycles. The van der Waals surface area contributed by atoms with E-state index in [4.69, 9.17) is 0 Å². The second kappa shape index (κ2) is 12.1. The first-order valence-electron chi connectivity index (χ1n) is 10.9. The van der Waals surface area contributed by atoms with Crippen molar-refractivity contribution in [3.63, 3.8) is 0 Å². The Labute approximate surface area is 195 Å². The van der Waals surface area contributed by atoms with Gasteiger partial charge in [-0.05, 0) is 37.1 Å². The van der Waals surface area contributed by atoms with Crippen LogP contribution in [0.3, 0.4) is 0 Å². The van der Waals surface area contributed by atoms with E-state index in [1.807, 2.05) is 92.7 Å². The van der Waals surface area contributed by atoms with Gasteiger partial charge < -0.3 is 10.2 Å². The van der Waals surface area contributed by atoms with E-state index in [1.54, 1.807) is 4.90 Å². The van der Waals surface area contributed by atoms with Crippen molar-refractivity contribution in [1.82, 2.24) is 10.2 Å². The number of nitrogens with zero attached hydrogens (tertiary/aromatic N) is 1. The molecule has 4 nitrogen and oxygen atoms in total. The summed E-state index contributed by atoms with van der Waals surface area (Å²) in [6.45, 7) is 4.85. The maximum absolute atomic E-state index is 13.5. The van der Waals surface area contributed by atoms with Crippen molar-refractivity contribution in [2.75, 3.05) is 12.3 Å². The van der Waals surface area contributed by atoms with Gasteiger partial charge in [0.05, 0.1) is 5.75 Å². The summed E-state index contributed by atoms with van der Waals surface area (Å²) in [5, 5.41) is 2.93. The summed E-state index contributed by atoms with van der Waals surface area (Å²) >= 11 is 1.50. The molecule has 0 spiro atoms. The fraction of sp³-hybridized carbons (Fsp3) is 0.259. The van der Waals surface area contributed by atoms with Gasteiger partial charge in [-0.3, -0.25) is 9.59 Å². The number of carbonyl (C=O) groups is 2. The van der Waals surface area contributed by atoms with Crippen molar-refractivity contribution < 1.29 is 9.59 Å². The molecule has 0 saturated heterocycles. The van der Waals surface area contributed by atoms with Gasteiger partial charge in [-0.1, -0.05) is 78.4 Å². The Morgan fingerprint density at radius 2 is 1.56 bits per heavy atom. The lowest BCUT2D eigenvalue weighted by molar-refractivity contribution is -0.139. The van der Waals surface area contributed by atoms with Crippen molar-refractivity contribution in [2.45, 2.75) is 37.8 Å². The first-order chi connectivity index (χ1) is 15.6. The number of aryl methyl sites for hydroxylation is 1. The Morgan fingerprint density at radius 3 is 2.22 bits per heavy atom. The van der Waals surface area contributed by atoms with Gasteiger partial charge in [0.2, 0.25) is 11.8 Å². The van der Waals surface area contributed by atoms with Crippen molar-refractivity contribution in [1.29, 1.82) is 0 Å². The number of rotatable bonds is 10. The lowest BCUT2D eigenvalue weighted by Gasteiger charge is -2.31. The highest BCUT2D eigenvalue weighted by atomic mass is 32.2. The summed E-state index contributed by atoms with van der Waals surface area (Å²) in [6, 6.07) is 27.3. The van der Waals surface area contributed by atoms with Gasteiger partial charge in [-0.15, -0.1) is 11.8 Å². The van der Waals surface area contributed by atoms with Crippen LogP contribution >= 0.6 is 11.8 Å². The predicted molar refractivity (Wildman–Crippen MR) is 132 cm³/mol. The third-order valence-corrected chi connectivity index (χ3v) is 6.16. The molecule has 3 aromatic rings. The molecule has 5 heteroatoms. The first kappa shape index (κ1) is 23.6. The minimum absolute atomic E-state index is 0.0486. The highest BCUT2D eigenvalue weighted by Crippen LogP contribution is 2.21. The number of carbonyl (C=O) groups excluding carboxylic acids is 2. The number of benzene rings is 3. The number of likely N-dealkylation sites (N-methyl/N-ethyl adjacent to an activating group) is 1. The molecule has 0 fully saturated rings. The van der Waals surface area contributed by atoms with Crippen LogP contribution in [0.2, 0.25) is 0 Å². The van der Waals surface area contributed by atoms with E-state index in [0.29, 0.717) is 19.5 Å². The van der Waals surface area contributed by atoms with Crippen molar-refractivity contribution >= 4 is 23.6 Å². The molecule has 0 radical (unpaired) electrons. The van der Waals surface area contributed by atoms with Crippen LogP contribution in [0.5, 0.6) is 0 Å². The molecule has 3 rings (SSSR count). The zero-order valence-corrected chi connectivity index (χ0v) is 19.5. The average Bonchev–Trinajstić information content (AvgIpc) is 2.81. The van der Waals surface area contributed by atoms with Crippen LogP contribution in [-0.2, 0) is 22.6 Å². The Hall–Kier alpha value is -3.05. The molecule has 0 aliphatic rings. The van der Waals surface area contributed by atoms with Crippen LogP contribution < -0.4 is 5.32 Å². The summed E-state index contributed by atoms with van der Waals surface area (Å²) in [5.41, 5.74) is 3.18. The zero-order valence-electron chi connectivity index (χ0n) is 18.7. The van der Waals surface area contributed by atoms with Gasteiger partial charge >= 0.3 is 0 Å². The topological polar surface area (TPSA) is 49.4 Å². The molecule has 1 unspecified atom stereocenters. The second-order valence-electron chi connectivity index (χ2n) is 7.71. The third-order valence-electron chi connectivity index (χ3n) is 5.16. The van der Waals surface area contributed by atoms with Gasteiger partial charge in [0, 0.05) is 24.4 Å². The normalized spacial score (nSPS) is 11.6. The quantitative estimate of drug-likeness (QED) is 0.452. The Bertz CT molecular complexity index is 1010. The van der Waals surface area contributed by atoms with E-state index in [0.717, 1.165) is 21.6 Å². The summed E-state index contributed by atoms with van der Waals surface area (Å²) in [4.78, 5) is 29.4. The number of hydrogen-bond donors (Lipinski definition) is 1. The number of amides is 2. The summed E-state index contributed by atoms with van der Waals surface area (Å²) in [7, 11) is 0. The minimum Gasteiger partial charge on any atom is -0.355 e. The summed E-state index contributed by atoms with van der Waals surface area (Å²) in [6.07, 6.45) is 0.472. The monoisotopic (exact) mass is 446 g/mol. The Kier molecular flexibility index (Phi) is 8.93. The van der Waals surface area contributed by atoms with E-state index >= 15 is 0 Å². The van der Waals surface area contributed by atoms with Crippen molar-refractivity contribution in [3.8, 4) is 0 Å². The number of hydrogen-bond acceptors (Lipinski definition) is 3. The van der Waals surface area contributed by atoms with Gasteiger partial charge in [0.15, 0.2) is 0 Å². The Morgan fingerprint density at radius 1 is 0.906 bits per heavy atom. The van der Waals surface area contributed by atoms with Crippen molar-refractivity contribution in [2.24, 2.45) is 0 Å². The molecule has 1 atom stereocenters. The standard InChI is InChI=1S/C27H30N2O2S/c1-3-28-27(31)25(18-22-12-6-4-7-13-22)29(19-23-14-10-11-21(2)17-23)26(30)20-32-24-15-8-5-9-16-24/h4-17,25H,3,18-20H2,1-2H3,(H,28,31). The van der Waals surface area contributed by atoms with Crippen molar-refractivity contribution in [3.05, 3.63) is 102 Å². The minimum atomic E-state index is -0.582. The molecule has 1 N–H and O–H groups in total. The van der Waals surface area contributed by atoms with Crippen LogP contribution in [0.25, 0.3) is 0 Å². The van der Waals surface area contributed by atoms with E-state index in [1.165, 1.54) is 11.8 Å². The molecular weight excluding hydrogens is 416 g/mol. The lowest BCUT2D eigenvalue weighted by Crippen LogP contribution is -2.51. The maximum atomic E-state index is 13.5. The molecule has 32 heavy (non-hydrogen) atoms. The summed E-state index contributed by atoms with van der Waals surface area (Å²) < 4.78 is 0. The van der Waals surface area contributed by atoms with Crippen LogP contribution in [0, 0.1) is 6.92 Å². The van der Waals surface area contributed by atoms with E-state index < -0.39 is 6.04 Å². The van der Waals surface area contributed by atoms with Gasteiger partial charge in [0.1, 0.15) is 6.04 Å². The smallest absolute Gasteiger partial charge is 0.243 e. The molecule has 0 heterocycles. The highest BCUT2D eigenvalue weighted by Gasteiger charge is 2.30. The Balaban J connectivity index is 1.88. The van der Waals surface area contributed by atoms with Gasteiger partial charge in [-0.25, -0.2) is 0 Å². The highest BCUT2D eigenvalue weighted by molar-refractivity contribution is 8.00. The number of nitrogens with one attached hydrogen (secondary N) is 1. The fourth-order valence-electron chi connectivity index (χ4n) is 3.60. The number of thioether (sulfide) groups is 1. The first-order valence-corrected chi connectivity index (χ1v) is 11.9. The lowest BCUT2D eigenvalue weighted by atomic mass is 10.0. The molecular formula is C27H30N2O2S. The fourth-order valence-corrected chi connectivity index (χ4v) is 4.40. The third kappa shape index (κ3) is 6.99.